The maximum absolute atomic E-state index is 11.5. The zero-order chi connectivity index (χ0) is 17.3. The fourth-order valence-electron chi connectivity index (χ4n) is 3.35. The average molecular weight is 330 g/mol. The first-order chi connectivity index (χ1) is 11.4. The Kier molecular flexibility index (Phi) is 4.54. The van der Waals surface area contributed by atoms with Gasteiger partial charge in [-0.25, -0.2) is 4.79 Å². The number of ether oxygens (including phenoxy) is 2. The van der Waals surface area contributed by atoms with Crippen molar-refractivity contribution in [2.75, 3.05) is 26.8 Å². The van der Waals surface area contributed by atoms with Gasteiger partial charge < -0.3 is 19.7 Å². The summed E-state index contributed by atoms with van der Waals surface area (Å²) in [4.78, 5) is 14.0. The fraction of sp³-hybridized carbons (Fsp3) is 0.526. The topological polar surface area (TPSA) is 50.8 Å². The van der Waals surface area contributed by atoms with Crippen LogP contribution >= 0.6 is 0 Å². The van der Waals surface area contributed by atoms with Crippen molar-refractivity contribution in [2.24, 2.45) is 5.41 Å². The van der Waals surface area contributed by atoms with Crippen molar-refractivity contribution < 1.29 is 14.3 Å². The number of morpholine rings is 1. The molecule has 2 atom stereocenters. The number of hydrogen-bond donors (Lipinski definition) is 1. The molecule has 2 aliphatic heterocycles. The molecule has 2 aliphatic rings. The predicted molar refractivity (Wildman–Crippen MR) is 92.5 cm³/mol. The molecule has 24 heavy (non-hydrogen) atoms. The van der Waals surface area contributed by atoms with Crippen molar-refractivity contribution in [3.05, 3.63) is 47.3 Å². The van der Waals surface area contributed by atoms with Gasteiger partial charge in [-0.15, -0.1) is 0 Å². The molecule has 1 saturated heterocycles. The van der Waals surface area contributed by atoms with Gasteiger partial charge in [-0.1, -0.05) is 32.9 Å². The van der Waals surface area contributed by atoms with Gasteiger partial charge >= 0.3 is 5.97 Å². The highest BCUT2D eigenvalue weighted by Gasteiger charge is 2.37. The van der Waals surface area contributed by atoms with E-state index in [1.807, 2.05) is 24.3 Å². The van der Waals surface area contributed by atoms with Crippen molar-refractivity contribution in [3.8, 4) is 0 Å². The summed E-state index contributed by atoms with van der Waals surface area (Å²) in [6, 6.07) is 7.83. The van der Waals surface area contributed by atoms with Crippen molar-refractivity contribution >= 4 is 5.97 Å². The molecular weight excluding hydrogens is 304 g/mol. The van der Waals surface area contributed by atoms with Gasteiger partial charge in [0.25, 0.3) is 0 Å². The maximum Gasteiger partial charge on any atom is 0.337 e. The predicted octanol–water partition coefficient (Wildman–Crippen LogP) is 2.71. The molecule has 5 heteroatoms. The van der Waals surface area contributed by atoms with Crippen molar-refractivity contribution in [1.82, 2.24) is 10.2 Å². The first-order valence-corrected chi connectivity index (χ1v) is 8.41. The van der Waals surface area contributed by atoms with E-state index in [1.54, 1.807) is 0 Å². The lowest BCUT2D eigenvalue weighted by Crippen LogP contribution is -2.51. The summed E-state index contributed by atoms with van der Waals surface area (Å²) < 4.78 is 10.8. The van der Waals surface area contributed by atoms with E-state index >= 15 is 0 Å². The number of hydrogen-bond acceptors (Lipinski definition) is 5. The summed E-state index contributed by atoms with van der Waals surface area (Å²) in [6.45, 7) is 9.20. The van der Waals surface area contributed by atoms with Crippen LogP contribution < -0.4 is 5.32 Å². The summed E-state index contributed by atoms with van der Waals surface area (Å²) >= 11 is 0. The molecule has 0 saturated carbocycles. The summed E-state index contributed by atoms with van der Waals surface area (Å²) in [7, 11) is 1.40. The Morgan fingerprint density at radius 1 is 1.29 bits per heavy atom. The molecule has 3 rings (SSSR count). The molecule has 5 nitrogen and oxygen atoms in total. The van der Waals surface area contributed by atoms with Crippen LogP contribution in [0.3, 0.4) is 0 Å². The summed E-state index contributed by atoms with van der Waals surface area (Å²) in [5.41, 5.74) is 3.04. The third kappa shape index (κ3) is 3.26. The Balaban J connectivity index is 1.77. The first-order valence-electron chi connectivity index (χ1n) is 8.41. The number of esters is 1. The monoisotopic (exact) mass is 330 g/mol. The van der Waals surface area contributed by atoms with Crippen LogP contribution in [0.2, 0.25) is 0 Å². The number of carbonyl (C=O) groups is 1. The normalized spacial score (nSPS) is 23.8. The van der Waals surface area contributed by atoms with E-state index in [2.05, 4.69) is 37.2 Å². The number of nitrogens with one attached hydrogen (secondary N) is 1. The van der Waals surface area contributed by atoms with Crippen LogP contribution in [-0.4, -0.2) is 43.8 Å². The molecule has 0 radical (unpaired) electrons. The number of rotatable bonds is 2. The smallest absolute Gasteiger partial charge is 0.337 e. The molecule has 0 spiro atoms. The van der Waals surface area contributed by atoms with Crippen molar-refractivity contribution in [3.63, 3.8) is 0 Å². The second-order valence-electron chi connectivity index (χ2n) is 7.46. The second kappa shape index (κ2) is 6.48. The Hall–Kier alpha value is -2.01. The van der Waals surface area contributed by atoms with Crippen LogP contribution in [0.5, 0.6) is 0 Å². The summed E-state index contributed by atoms with van der Waals surface area (Å²) in [5, 5.41) is 3.50. The van der Waals surface area contributed by atoms with Crippen LogP contribution in [0.25, 0.3) is 0 Å². The number of fused-ring (bicyclic) bond motifs is 1. The van der Waals surface area contributed by atoms with Crippen LogP contribution in [0.1, 0.15) is 42.7 Å². The minimum atomic E-state index is -0.304. The van der Waals surface area contributed by atoms with Gasteiger partial charge in [-0.3, -0.25) is 0 Å². The van der Waals surface area contributed by atoms with E-state index in [1.165, 1.54) is 12.8 Å². The third-order valence-corrected chi connectivity index (χ3v) is 4.64. The van der Waals surface area contributed by atoms with Gasteiger partial charge in [0, 0.05) is 19.3 Å². The Morgan fingerprint density at radius 2 is 2.00 bits per heavy atom. The SMILES string of the molecule is COC(=O)c1ccc(C2CN3CCOC(C(C)(C)C)C3=CN2)cc1. The third-order valence-electron chi connectivity index (χ3n) is 4.64. The van der Waals surface area contributed by atoms with Gasteiger partial charge in [0.15, 0.2) is 0 Å². The highest BCUT2D eigenvalue weighted by atomic mass is 16.5. The second-order valence-corrected chi connectivity index (χ2v) is 7.46. The van der Waals surface area contributed by atoms with Crippen LogP contribution in [-0.2, 0) is 9.47 Å². The van der Waals surface area contributed by atoms with E-state index in [4.69, 9.17) is 9.47 Å². The quantitative estimate of drug-likeness (QED) is 0.845. The molecule has 0 aliphatic carbocycles. The lowest BCUT2D eigenvalue weighted by molar-refractivity contribution is -0.0520. The lowest BCUT2D eigenvalue weighted by Gasteiger charge is -2.46. The molecule has 2 heterocycles. The van der Waals surface area contributed by atoms with Crippen molar-refractivity contribution in [1.29, 1.82) is 0 Å². The molecule has 1 N–H and O–H groups in total. The molecule has 0 bridgehead atoms. The van der Waals surface area contributed by atoms with E-state index < -0.39 is 0 Å². The molecule has 2 unspecified atom stereocenters. The van der Waals surface area contributed by atoms with Gasteiger partial charge in [0.2, 0.25) is 0 Å². The average Bonchev–Trinajstić information content (AvgIpc) is 2.59. The van der Waals surface area contributed by atoms with E-state index in [0.717, 1.165) is 25.3 Å². The lowest BCUT2D eigenvalue weighted by atomic mass is 9.85. The zero-order valence-electron chi connectivity index (χ0n) is 14.8. The number of nitrogens with zero attached hydrogens (tertiary/aromatic N) is 1. The molecule has 130 valence electrons. The van der Waals surface area contributed by atoms with Crippen LogP contribution in [0, 0.1) is 5.41 Å². The molecule has 1 aromatic rings. The van der Waals surface area contributed by atoms with E-state index in [0.29, 0.717) is 5.56 Å². The highest BCUT2D eigenvalue weighted by molar-refractivity contribution is 5.89. The Labute approximate surface area is 143 Å². The minimum Gasteiger partial charge on any atom is -0.465 e. The maximum atomic E-state index is 11.5. The molecule has 1 fully saturated rings. The standard InChI is InChI=1S/C19H26N2O3/c1-19(2,3)17-16-11-20-15(12-21(16)9-10-24-17)13-5-7-14(8-6-13)18(22)23-4/h5-8,11,15,17,20H,9-10,12H2,1-4H3. The fourth-order valence-corrected chi connectivity index (χ4v) is 3.35. The first kappa shape index (κ1) is 16.8. The number of methoxy groups -OCH3 is 1. The van der Waals surface area contributed by atoms with E-state index in [-0.39, 0.29) is 23.5 Å². The largest absolute Gasteiger partial charge is 0.465 e. The highest BCUT2D eigenvalue weighted by Crippen LogP contribution is 2.35. The van der Waals surface area contributed by atoms with Gasteiger partial charge in [0.05, 0.1) is 31.0 Å². The summed E-state index contributed by atoms with van der Waals surface area (Å²) in [5.74, 6) is -0.304. The van der Waals surface area contributed by atoms with Crippen molar-refractivity contribution in [2.45, 2.75) is 32.9 Å². The molecule has 1 aromatic carbocycles. The summed E-state index contributed by atoms with van der Waals surface area (Å²) in [6.07, 6.45) is 2.21. The van der Waals surface area contributed by atoms with E-state index in [9.17, 15) is 4.79 Å². The minimum absolute atomic E-state index is 0.0706. The van der Waals surface area contributed by atoms with Crippen LogP contribution in [0.4, 0.5) is 0 Å². The molecule has 0 amide bonds. The Bertz CT molecular complexity index is 631. The Morgan fingerprint density at radius 3 is 2.62 bits per heavy atom. The number of carbonyl (C=O) groups excluding carboxylic acids is 1. The van der Waals surface area contributed by atoms with Gasteiger partial charge in [-0.05, 0) is 23.1 Å². The number of benzene rings is 1. The van der Waals surface area contributed by atoms with Gasteiger partial charge in [0.1, 0.15) is 6.10 Å². The van der Waals surface area contributed by atoms with Gasteiger partial charge in [-0.2, -0.15) is 0 Å². The zero-order valence-corrected chi connectivity index (χ0v) is 14.8. The molecule has 0 aromatic heterocycles. The molecular formula is C19H26N2O3. The van der Waals surface area contributed by atoms with Crippen LogP contribution in [0.15, 0.2) is 36.2 Å².